The molecule has 168 valence electrons. The fourth-order valence-corrected chi connectivity index (χ4v) is 5.02. The van der Waals surface area contributed by atoms with Gasteiger partial charge in [-0.2, -0.15) is 0 Å². The summed E-state index contributed by atoms with van der Waals surface area (Å²) in [7, 11) is -3.50. The molecule has 2 N–H and O–H groups in total. The van der Waals surface area contributed by atoms with Crippen LogP contribution in [0.15, 0.2) is 46.2 Å². The average Bonchev–Trinajstić information content (AvgIpc) is 2.70. The highest BCUT2D eigenvalue weighted by Crippen LogP contribution is 2.37. The molecule has 6 nitrogen and oxygen atoms in total. The second kappa shape index (κ2) is 9.04. The normalized spacial score (nSPS) is 16.2. The van der Waals surface area contributed by atoms with E-state index in [2.05, 4.69) is 4.72 Å². The van der Waals surface area contributed by atoms with Gasteiger partial charge >= 0.3 is 5.97 Å². The highest BCUT2D eigenvalue weighted by molar-refractivity contribution is 8.00. The van der Waals surface area contributed by atoms with Crippen LogP contribution in [0.3, 0.4) is 0 Å². The number of nitrogens with zero attached hydrogens (tertiary/aromatic N) is 1. The molecule has 1 heterocycles. The fraction of sp³-hybridized carbons (Fsp3) is 0.381. The first-order chi connectivity index (χ1) is 14.5. The Labute approximate surface area is 184 Å². The van der Waals surface area contributed by atoms with E-state index in [4.69, 9.17) is 0 Å². The van der Waals surface area contributed by atoms with E-state index < -0.39 is 28.3 Å². The molecular weight excluding hydrogens is 446 g/mol. The molecule has 0 aromatic heterocycles. The SMILES string of the molecule is CCc1ccc(C(=O)O)cc1SNc1cc(S(C)(=O)=O)ccc1N1CCCC(F)(F)C1. The van der Waals surface area contributed by atoms with Gasteiger partial charge in [0.25, 0.3) is 5.92 Å². The molecule has 0 spiro atoms. The number of aryl methyl sites for hydroxylation is 1. The number of piperidine rings is 1. The number of benzene rings is 2. The van der Waals surface area contributed by atoms with Gasteiger partial charge in [0.15, 0.2) is 9.84 Å². The summed E-state index contributed by atoms with van der Waals surface area (Å²) in [5, 5.41) is 9.27. The Bertz CT molecular complexity index is 1090. The van der Waals surface area contributed by atoms with Crippen molar-refractivity contribution in [1.29, 1.82) is 0 Å². The molecule has 31 heavy (non-hydrogen) atoms. The van der Waals surface area contributed by atoms with Gasteiger partial charge in [-0.3, -0.25) is 0 Å². The molecule has 0 amide bonds. The van der Waals surface area contributed by atoms with E-state index in [1.54, 1.807) is 11.0 Å². The van der Waals surface area contributed by atoms with E-state index in [0.29, 0.717) is 35.7 Å². The van der Waals surface area contributed by atoms with Gasteiger partial charge in [-0.1, -0.05) is 13.0 Å². The topological polar surface area (TPSA) is 86.7 Å². The second-order valence-electron chi connectivity index (χ2n) is 7.52. The first-order valence-electron chi connectivity index (χ1n) is 9.76. The minimum Gasteiger partial charge on any atom is -0.478 e. The Kier molecular flexibility index (Phi) is 6.80. The van der Waals surface area contributed by atoms with Crippen molar-refractivity contribution in [2.45, 2.75) is 41.9 Å². The Morgan fingerprint density at radius 1 is 1.26 bits per heavy atom. The molecule has 0 atom stereocenters. The fourth-order valence-electron chi connectivity index (χ4n) is 3.46. The summed E-state index contributed by atoms with van der Waals surface area (Å²) >= 11 is 1.13. The third-order valence-electron chi connectivity index (χ3n) is 5.10. The molecule has 10 heteroatoms. The molecule has 0 aliphatic carbocycles. The van der Waals surface area contributed by atoms with Crippen LogP contribution in [0.4, 0.5) is 20.2 Å². The Hall–Kier alpha value is -2.33. The Balaban J connectivity index is 1.97. The van der Waals surface area contributed by atoms with Gasteiger partial charge in [0.05, 0.1) is 28.4 Å². The van der Waals surface area contributed by atoms with Crippen molar-refractivity contribution in [1.82, 2.24) is 0 Å². The van der Waals surface area contributed by atoms with Crippen LogP contribution >= 0.6 is 11.9 Å². The standard InChI is InChI=1S/C21H24F2N2O4S2/c1-3-14-5-6-15(20(26)27)11-19(14)30-24-17-12-16(31(2,28)29)7-8-18(17)25-10-4-9-21(22,23)13-25/h5-8,11-12,24H,3-4,9-10,13H2,1-2H3,(H,26,27). The number of sulfone groups is 1. The number of hydrogen-bond donors (Lipinski definition) is 2. The maximum Gasteiger partial charge on any atom is 0.335 e. The summed E-state index contributed by atoms with van der Waals surface area (Å²) in [5.74, 6) is -3.87. The number of carboxylic acids is 1. The third-order valence-corrected chi connectivity index (χ3v) is 7.13. The third kappa shape index (κ3) is 5.68. The summed E-state index contributed by atoms with van der Waals surface area (Å²) < 4.78 is 55.1. The Morgan fingerprint density at radius 2 is 2.00 bits per heavy atom. The molecule has 3 rings (SSSR count). The molecule has 2 aromatic rings. The molecule has 1 aliphatic rings. The van der Waals surface area contributed by atoms with Crippen LogP contribution in [0.1, 0.15) is 35.7 Å². The van der Waals surface area contributed by atoms with Gasteiger partial charge in [-0.25, -0.2) is 22.0 Å². The number of carboxylic acid groups (broad SMARTS) is 1. The number of carbonyl (C=O) groups is 1. The highest BCUT2D eigenvalue weighted by Gasteiger charge is 2.36. The molecule has 2 aromatic carbocycles. The zero-order valence-corrected chi connectivity index (χ0v) is 18.8. The minimum atomic E-state index is -3.50. The summed E-state index contributed by atoms with van der Waals surface area (Å²) in [6.07, 6.45) is 1.90. The van der Waals surface area contributed by atoms with E-state index in [1.807, 2.05) is 6.92 Å². The van der Waals surface area contributed by atoms with Crippen LogP contribution < -0.4 is 9.62 Å². The largest absolute Gasteiger partial charge is 0.478 e. The van der Waals surface area contributed by atoms with Crippen LogP contribution in [0.25, 0.3) is 0 Å². The summed E-state index contributed by atoms with van der Waals surface area (Å²) in [4.78, 5) is 13.6. The lowest BCUT2D eigenvalue weighted by molar-refractivity contribution is -0.0116. The lowest BCUT2D eigenvalue weighted by atomic mass is 10.1. The van der Waals surface area contributed by atoms with E-state index in [9.17, 15) is 27.1 Å². The van der Waals surface area contributed by atoms with Crippen LogP contribution in [0.5, 0.6) is 0 Å². The van der Waals surface area contributed by atoms with Gasteiger partial charge < -0.3 is 14.7 Å². The highest BCUT2D eigenvalue weighted by atomic mass is 32.2. The van der Waals surface area contributed by atoms with Crippen molar-refractivity contribution in [2.75, 3.05) is 29.0 Å². The summed E-state index contributed by atoms with van der Waals surface area (Å²) in [5.41, 5.74) is 1.90. The number of rotatable bonds is 7. The predicted octanol–water partition coefficient (Wildman–Crippen LogP) is 4.71. The number of alkyl halides is 2. The quantitative estimate of drug-likeness (QED) is 0.567. The summed E-state index contributed by atoms with van der Waals surface area (Å²) in [6, 6.07) is 9.17. The van der Waals surface area contributed by atoms with E-state index in [0.717, 1.165) is 23.8 Å². The van der Waals surface area contributed by atoms with Gasteiger partial charge in [-0.15, -0.1) is 0 Å². The van der Waals surface area contributed by atoms with Gasteiger partial charge in [-0.05, 0) is 60.7 Å². The first-order valence-corrected chi connectivity index (χ1v) is 12.5. The average molecular weight is 471 g/mol. The summed E-state index contributed by atoms with van der Waals surface area (Å²) in [6.45, 7) is 1.92. The van der Waals surface area contributed by atoms with Crippen molar-refractivity contribution in [3.05, 3.63) is 47.5 Å². The Morgan fingerprint density at radius 3 is 2.61 bits per heavy atom. The van der Waals surface area contributed by atoms with Crippen molar-refractivity contribution in [2.24, 2.45) is 0 Å². The molecule has 0 saturated carbocycles. The number of aromatic carboxylic acids is 1. The van der Waals surface area contributed by atoms with Crippen molar-refractivity contribution >= 4 is 39.1 Å². The number of nitrogens with one attached hydrogen (secondary N) is 1. The van der Waals surface area contributed by atoms with Crippen LogP contribution in [-0.2, 0) is 16.3 Å². The van der Waals surface area contributed by atoms with E-state index >= 15 is 0 Å². The lowest BCUT2D eigenvalue weighted by Gasteiger charge is -2.35. The molecule has 1 fully saturated rings. The zero-order valence-electron chi connectivity index (χ0n) is 17.2. The lowest BCUT2D eigenvalue weighted by Crippen LogP contribution is -2.42. The number of anilines is 2. The predicted molar refractivity (Wildman–Crippen MR) is 118 cm³/mol. The van der Waals surface area contributed by atoms with E-state index in [-0.39, 0.29) is 16.9 Å². The van der Waals surface area contributed by atoms with E-state index in [1.165, 1.54) is 30.3 Å². The van der Waals surface area contributed by atoms with Gasteiger partial charge in [0, 0.05) is 24.1 Å². The molecule has 0 bridgehead atoms. The van der Waals surface area contributed by atoms with Crippen LogP contribution in [0, 0.1) is 0 Å². The van der Waals surface area contributed by atoms with Crippen molar-refractivity contribution in [3.63, 3.8) is 0 Å². The molecule has 0 radical (unpaired) electrons. The molecule has 1 saturated heterocycles. The molecule has 1 aliphatic heterocycles. The zero-order chi connectivity index (χ0) is 22.8. The maximum absolute atomic E-state index is 14.0. The monoisotopic (exact) mass is 470 g/mol. The molecule has 0 unspecified atom stereocenters. The molecular formula is C21H24F2N2O4S2. The first kappa shape index (κ1) is 23.3. The van der Waals surface area contributed by atoms with Gasteiger partial charge in [0.1, 0.15) is 0 Å². The second-order valence-corrected chi connectivity index (χ2v) is 10.4. The number of hydrogen-bond acceptors (Lipinski definition) is 6. The number of halogens is 2. The van der Waals surface area contributed by atoms with Crippen molar-refractivity contribution in [3.8, 4) is 0 Å². The minimum absolute atomic E-state index is 0.0677. The van der Waals surface area contributed by atoms with Crippen LogP contribution in [-0.4, -0.2) is 44.8 Å². The van der Waals surface area contributed by atoms with Gasteiger partial charge in [0.2, 0.25) is 0 Å². The van der Waals surface area contributed by atoms with Crippen molar-refractivity contribution < 1.29 is 27.1 Å². The smallest absolute Gasteiger partial charge is 0.335 e. The van der Waals surface area contributed by atoms with Crippen LogP contribution in [0.2, 0.25) is 0 Å². The maximum atomic E-state index is 14.0.